The average molecular weight is 427 g/mol. The summed E-state index contributed by atoms with van der Waals surface area (Å²) in [5.74, 6) is -1.81. The van der Waals surface area contributed by atoms with Crippen molar-refractivity contribution < 1.29 is 23.8 Å². The molecule has 0 bridgehead atoms. The van der Waals surface area contributed by atoms with E-state index >= 15 is 0 Å². The maximum atomic E-state index is 12.1. The van der Waals surface area contributed by atoms with Crippen molar-refractivity contribution in [2.45, 2.75) is 58.0 Å². The zero-order valence-electron chi connectivity index (χ0n) is 18.0. The Morgan fingerprint density at radius 3 is 2.62 bits per heavy atom. The second-order valence-corrected chi connectivity index (χ2v) is 7.32. The lowest BCUT2D eigenvalue weighted by atomic mass is 9.84. The Balaban J connectivity index is 2.87. The van der Waals surface area contributed by atoms with E-state index in [2.05, 4.69) is 36.5 Å². The zero-order valence-corrected chi connectivity index (χ0v) is 18.9. The summed E-state index contributed by atoms with van der Waals surface area (Å²) in [5.41, 5.74) is 1.77. The first-order chi connectivity index (χ1) is 13.8. The molecule has 0 aromatic rings. The van der Waals surface area contributed by atoms with E-state index in [0.29, 0.717) is 18.0 Å². The van der Waals surface area contributed by atoms with Gasteiger partial charge in [-0.05, 0) is 39.3 Å². The van der Waals surface area contributed by atoms with Crippen molar-refractivity contribution in [3.05, 3.63) is 36.1 Å². The summed E-state index contributed by atoms with van der Waals surface area (Å²) in [6, 6.07) is 0.524. The minimum atomic E-state index is -0.919. The fraction of sp³-hybridized carbons (Fsp3) is 0.619. The summed E-state index contributed by atoms with van der Waals surface area (Å²) in [5, 5.41) is 3.33. The lowest BCUT2D eigenvalue weighted by Gasteiger charge is -2.50. The first-order valence-corrected chi connectivity index (χ1v) is 10.4. The molecule has 0 aromatic carbocycles. The first-order valence-electron chi connectivity index (χ1n) is 9.74. The van der Waals surface area contributed by atoms with Gasteiger partial charge in [-0.3, -0.25) is 15.0 Å². The Morgan fingerprint density at radius 1 is 1.41 bits per heavy atom. The Kier molecular flexibility index (Phi) is 11.3. The summed E-state index contributed by atoms with van der Waals surface area (Å²) >= 11 is 3.86. The number of hydrogen-bond donors (Lipinski definition) is 2. The van der Waals surface area contributed by atoms with E-state index in [1.165, 1.54) is 13.4 Å². The molecule has 0 radical (unpaired) electrons. The smallest absolute Gasteiger partial charge is 0.377 e. The van der Waals surface area contributed by atoms with Gasteiger partial charge in [-0.2, -0.15) is 12.6 Å². The third-order valence-corrected chi connectivity index (χ3v) is 5.33. The standard InChI is InChI=1S/C21H34N2O5S/c1-7-9-14(3)17-10-18(23(17)5)15(4)22-20(28-21(25)19(24)12-29)16(8-2)11-27-13-26-6/h7,9,11,15,17-18,20,22,29H,3,8,10,12-13H2,1-2,4-6H3/b9-7+,16-11-/t15-,17?,18-,20?/m0/s1. The summed E-state index contributed by atoms with van der Waals surface area (Å²) in [4.78, 5) is 26.0. The van der Waals surface area contributed by atoms with Crippen LogP contribution in [0.2, 0.25) is 0 Å². The van der Waals surface area contributed by atoms with Crippen LogP contribution in [0.4, 0.5) is 0 Å². The van der Waals surface area contributed by atoms with Gasteiger partial charge in [0.15, 0.2) is 13.0 Å². The predicted octanol–water partition coefficient (Wildman–Crippen LogP) is 2.45. The molecule has 0 spiro atoms. The van der Waals surface area contributed by atoms with Crippen molar-refractivity contribution in [3.8, 4) is 0 Å². The lowest BCUT2D eigenvalue weighted by molar-refractivity contribution is -0.157. The van der Waals surface area contributed by atoms with E-state index in [0.717, 1.165) is 12.0 Å². The number of nitrogens with zero attached hydrogens (tertiary/aromatic N) is 1. The number of carbonyl (C=O) groups is 2. The minimum absolute atomic E-state index is 0.00376. The molecule has 8 heteroatoms. The van der Waals surface area contributed by atoms with Gasteiger partial charge in [0.05, 0.1) is 12.0 Å². The largest absolute Gasteiger partial charge is 0.475 e. The van der Waals surface area contributed by atoms with Gasteiger partial charge in [-0.25, -0.2) is 4.79 Å². The number of esters is 1. The molecule has 1 aliphatic heterocycles. The van der Waals surface area contributed by atoms with Crippen LogP contribution in [0.25, 0.3) is 0 Å². The number of thiol groups is 1. The van der Waals surface area contributed by atoms with Crippen molar-refractivity contribution in [1.29, 1.82) is 0 Å². The molecule has 1 heterocycles. The van der Waals surface area contributed by atoms with Crippen molar-refractivity contribution >= 4 is 24.4 Å². The molecule has 1 saturated heterocycles. The number of hydrogen-bond acceptors (Lipinski definition) is 8. The second-order valence-electron chi connectivity index (χ2n) is 7.00. The maximum absolute atomic E-state index is 12.1. The van der Waals surface area contributed by atoms with Gasteiger partial charge >= 0.3 is 5.97 Å². The molecule has 0 amide bonds. The lowest BCUT2D eigenvalue weighted by Crippen LogP contribution is -2.63. The fourth-order valence-corrected chi connectivity index (χ4v) is 3.42. The predicted molar refractivity (Wildman–Crippen MR) is 117 cm³/mol. The summed E-state index contributed by atoms with van der Waals surface area (Å²) < 4.78 is 15.6. The number of likely N-dealkylation sites (tertiary alicyclic amines) is 1. The maximum Gasteiger partial charge on any atom is 0.377 e. The van der Waals surface area contributed by atoms with Crippen LogP contribution >= 0.6 is 12.6 Å². The molecule has 2 unspecified atom stereocenters. The van der Waals surface area contributed by atoms with Crippen LogP contribution in [0.1, 0.15) is 33.6 Å². The van der Waals surface area contributed by atoms with Crippen LogP contribution in [-0.4, -0.2) is 67.7 Å². The van der Waals surface area contributed by atoms with Gasteiger partial charge in [0.2, 0.25) is 5.78 Å². The molecule has 0 aromatic heterocycles. The summed E-state index contributed by atoms with van der Waals surface area (Å²) in [7, 11) is 3.57. The van der Waals surface area contributed by atoms with Gasteiger partial charge in [0.25, 0.3) is 0 Å². The molecular weight excluding hydrogens is 392 g/mol. The third kappa shape index (κ3) is 7.29. The second kappa shape index (κ2) is 12.8. The Bertz CT molecular complexity index is 635. The number of rotatable bonds is 13. The molecule has 29 heavy (non-hydrogen) atoms. The molecular formula is C21H34N2O5S. The Hall–Kier alpha value is -1.61. The Labute approximate surface area is 179 Å². The number of nitrogens with one attached hydrogen (secondary N) is 1. The number of carbonyl (C=O) groups excluding carboxylic acids is 2. The molecule has 1 fully saturated rings. The van der Waals surface area contributed by atoms with Gasteiger partial charge in [0.1, 0.15) is 0 Å². The van der Waals surface area contributed by atoms with Gasteiger partial charge in [-0.1, -0.05) is 25.7 Å². The highest BCUT2D eigenvalue weighted by molar-refractivity contribution is 7.81. The SMILES string of the molecule is C=C(/C=C/C)C1C[C@@H]([C@H](C)NC(OC(=O)C(=O)CS)/C(=C\OCOC)CC)N1C. The Morgan fingerprint density at radius 2 is 2.10 bits per heavy atom. The highest BCUT2D eigenvalue weighted by Gasteiger charge is 2.40. The number of allylic oxidation sites excluding steroid dienone is 1. The van der Waals surface area contributed by atoms with Crippen LogP contribution in [0.5, 0.6) is 0 Å². The first kappa shape index (κ1) is 25.4. The van der Waals surface area contributed by atoms with Crippen LogP contribution in [-0.2, 0) is 23.8 Å². The fourth-order valence-electron chi connectivity index (χ4n) is 3.29. The van der Waals surface area contributed by atoms with E-state index < -0.39 is 18.0 Å². The quantitative estimate of drug-likeness (QED) is 0.0891. The number of likely N-dealkylation sites (N-methyl/N-ethyl adjacent to an activating group) is 1. The van der Waals surface area contributed by atoms with Crippen molar-refractivity contribution in [2.24, 2.45) is 0 Å². The van der Waals surface area contributed by atoms with Crippen molar-refractivity contribution in [2.75, 3.05) is 26.7 Å². The summed E-state index contributed by atoms with van der Waals surface area (Å²) in [6.45, 7) is 10.1. The highest BCUT2D eigenvalue weighted by atomic mass is 32.1. The zero-order chi connectivity index (χ0) is 22.0. The van der Waals surface area contributed by atoms with E-state index in [1.807, 2.05) is 32.9 Å². The van der Waals surface area contributed by atoms with Crippen molar-refractivity contribution in [1.82, 2.24) is 10.2 Å². The topological polar surface area (TPSA) is 77.1 Å². The van der Waals surface area contributed by atoms with Crippen LogP contribution in [0.15, 0.2) is 36.1 Å². The van der Waals surface area contributed by atoms with Crippen molar-refractivity contribution in [3.63, 3.8) is 0 Å². The number of ether oxygens (including phenoxy) is 3. The molecule has 1 aliphatic rings. The molecule has 7 nitrogen and oxygen atoms in total. The van der Waals surface area contributed by atoms with Crippen LogP contribution in [0.3, 0.4) is 0 Å². The normalized spacial score (nSPS) is 22.1. The van der Waals surface area contributed by atoms with Gasteiger partial charge < -0.3 is 14.2 Å². The molecule has 0 saturated carbocycles. The highest BCUT2D eigenvalue weighted by Crippen LogP contribution is 2.31. The van der Waals surface area contributed by atoms with E-state index in [9.17, 15) is 9.59 Å². The monoisotopic (exact) mass is 426 g/mol. The van der Waals surface area contributed by atoms with Crippen LogP contribution in [0, 0.1) is 0 Å². The van der Waals surface area contributed by atoms with E-state index in [4.69, 9.17) is 14.2 Å². The molecule has 164 valence electrons. The molecule has 0 aliphatic carbocycles. The summed E-state index contributed by atoms with van der Waals surface area (Å²) in [6.07, 6.45) is 6.24. The number of methoxy groups -OCH3 is 1. The van der Waals surface area contributed by atoms with E-state index in [-0.39, 0.29) is 24.6 Å². The van der Waals surface area contributed by atoms with Gasteiger partial charge in [0, 0.05) is 30.8 Å². The molecule has 1 rings (SSSR count). The number of Topliss-reactive ketones (excluding diaryl/α,β-unsaturated/α-hetero) is 1. The molecule has 1 N–H and O–H groups in total. The van der Waals surface area contributed by atoms with E-state index in [1.54, 1.807) is 0 Å². The van der Waals surface area contributed by atoms with Gasteiger partial charge in [-0.15, -0.1) is 0 Å². The average Bonchev–Trinajstić information content (AvgIpc) is 2.69. The van der Waals surface area contributed by atoms with Crippen LogP contribution < -0.4 is 5.32 Å². The number of ketones is 1. The molecule has 4 atom stereocenters. The minimum Gasteiger partial charge on any atom is -0.475 e. The third-order valence-electron chi connectivity index (χ3n) is 5.04.